The summed E-state index contributed by atoms with van der Waals surface area (Å²) in [6.07, 6.45) is 2.52. The molecule has 2 aromatic heterocycles. The molecule has 134 valence electrons. The van der Waals surface area contributed by atoms with Crippen molar-refractivity contribution in [2.24, 2.45) is 13.0 Å². The Morgan fingerprint density at radius 1 is 1.27 bits per heavy atom. The van der Waals surface area contributed by atoms with E-state index in [0.29, 0.717) is 18.8 Å². The summed E-state index contributed by atoms with van der Waals surface area (Å²) in [4.78, 5) is 34.3. The molecule has 2 amide bonds. The molecule has 0 spiro atoms. The number of H-pyrrole nitrogens is 1. The Balaban J connectivity index is 1.62. The van der Waals surface area contributed by atoms with Gasteiger partial charge in [0.2, 0.25) is 17.8 Å². The molecule has 3 heterocycles. The number of nitrogens with one attached hydrogen (secondary N) is 2. The van der Waals surface area contributed by atoms with Crippen LogP contribution in [0.2, 0.25) is 0 Å². The minimum Gasteiger partial charge on any atom is -0.336 e. The van der Waals surface area contributed by atoms with Crippen LogP contribution in [0.15, 0.2) is 36.5 Å². The van der Waals surface area contributed by atoms with Gasteiger partial charge in [0.1, 0.15) is 0 Å². The topological polar surface area (TPSA) is 95.9 Å². The standard InChI is InChI=1S/C18H20N6O2/c1-23-15(25)8-7-11(16(23)14-9-10-19-24(14)2)17(26)22-18-20-12-5-3-4-6-13(12)21-18/h3-6,9-11,16H,7-8H2,1-2H3,(H2,20,21,22,26)/t11-,16-/m0/s1. The van der Waals surface area contributed by atoms with Crippen LogP contribution in [0.4, 0.5) is 5.95 Å². The van der Waals surface area contributed by atoms with Crippen molar-refractivity contribution in [3.63, 3.8) is 0 Å². The van der Waals surface area contributed by atoms with Crippen LogP contribution in [0.1, 0.15) is 24.6 Å². The quantitative estimate of drug-likeness (QED) is 0.752. The summed E-state index contributed by atoms with van der Waals surface area (Å²) in [7, 11) is 3.55. The molecule has 1 aromatic carbocycles. The molecular formula is C18H20N6O2. The number of fused-ring (bicyclic) bond motifs is 1. The molecule has 0 unspecified atom stereocenters. The fourth-order valence-corrected chi connectivity index (χ4v) is 3.61. The molecule has 2 N–H and O–H groups in total. The summed E-state index contributed by atoms with van der Waals surface area (Å²) in [6, 6.07) is 9.09. The lowest BCUT2D eigenvalue weighted by Crippen LogP contribution is -2.45. The lowest BCUT2D eigenvalue weighted by atomic mass is 9.86. The van der Waals surface area contributed by atoms with Crippen molar-refractivity contribution < 1.29 is 9.59 Å². The van der Waals surface area contributed by atoms with Crippen LogP contribution in [0.3, 0.4) is 0 Å². The summed E-state index contributed by atoms with van der Waals surface area (Å²) in [5, 5.41) is 7.06. The highest BCUT2D eigenvalue weighted by Gasteiger charge is 2.40. The number of nitrogens with zero attached hydrogens (tertiary/aromatic N) is 4. The average Bonchev–Trinajstić information content (AvgIpc) is 3.22. The van der Waals surface area contributed by atoms with Crippen LogP contribution in [-0.4, -0.2) is 43.5 Å². The zero-order valence-electron chi connectivity index (χ0n) is 14.6. The van der Waals surface area contributed by atoms with E-state index in [1.807, 2.05) is 37.4 Å². The second-order valence-electron chi connectivity index (χ2n) is 6.57. The molecular weight excluding hydrogens is 332 g/mol. The lowest BCUT2D eigenvalue weighted by molar-refractivity contribution is -0.140. The van der Waals surface area contributed by atoms with Crippen LogP contribution in [0.5, 0.6) is 0 Å². The SMILES string of the molecule is CN1C(=O)CC[C@H](C(=O)Nc2nc3ccccc3[nH]2)[C@H]1c1ccnn1C. The van der Waals surface area contributed by atoms with Gasteiger partial charge in [0.25, 0.3) is 0 Å². The smallest absolute Gasteiger partial charge is 0.232 e. The zero-order chi connectivity index (χ0) is 18.3. The molecule has 0 aliphatic carbocycles. The summed E-state index contributed by atoms with van der Waals surface area (Å²) in [6.45, 7) is 0. The zero-order valence-corrected chi connectivity index (χ0v) is 14.6. The maximum Gasteiger partial charge on any atom is 0.232 e. The first kappa shape index (κ1) is 16.3. The predicted octanol–water partition coefficient (Wildman–Crippen LogP) is 1.84. The number of amides is 2. The Kier molecular flexibility index (Phi) is 3.95. The van der Waals surface area contributed by atoms with Crippen molar-refractivity contribution in [1.82, 2.24) is 24.6 Å². The number of aromatic amines is 1. The van der Waals surface area contributed by atoms with Crippen LogP contribution >= 0.6 is 0 Å². The molecule has 8 nitrogen and oxygen atoms in total. The molecule has 1 aliphatic rings. The molecule has 1 saturated heterocycles. The largest absolute Gasteiger partial charge is 0.336 e. The van der Waals surface area contributed by atoms with Crippen molar-refractivity contribution in [2.45, 2.75) is 18.9 Å². The lowest BCUT2D eigenvalue weighted by Gasteiger charge is -2.38. The molecule has 1 fully saturated rings. The highest BCUT2D eigenvalue weighted by Crippen LogP contribution is 2.36. The number of para-hydroxylation sites is 2. The van der Waals surface area contributed by atoms with Crippen molar-refractivity contribution in [1.29, 1.82) is 0 Å². The first-order valence-electron chi connectivity index (χ1n) is 8.54. The number of carbonyl (C=O) groups is 2. The number of likely N-dealkylation sites (tertiary alicyclic amines) is 1. The highest BCUT2D eigenvalue weighted by molar-refractivity contribution is 5.94. The number of rotatable bonds is 3. The fourth-order valence-electron chi connectivity index (χ4n) is 3.61. The molecule has 0 bridgehead atoms. The average molecular weight is 352 g/mol. The summed E-state index contributed by atoms with van der Waals surface area (Å²) >= 11 is 0. The third kappa shape index (κ3) is 2.73. The molecule has 0 radical (unpaired) electrons. The third-order valence-electron chi connectivity index (χ3n) is 4.99. The summed E-state index contributed by atoms with van der Waals surface area (Å²) in [5.41, 5.74) is 2.49. The normalized spacial score (nSPS) is 20.5. The van der Waals surface area contributed by atoms with Gasteiger partial charge < -0.3 is 9.88 Å². The number of anilines is 1. The van der Waals surface area contributed by atoms with Crippen molar-refractivity contribution >= 4 is 28.8 Å². The Labute approximate surface area is 150 Å². The van der Waals surface area contributed by atoms with E-state index in [2.05, 4.69) is 20.4 Å². The van der Waals surface area contributed by atoms with Gasteiger partial charge in [-0.05, 0) is 24.6 Å². The van der Waals surface area contributed by atoms with Crippen LogP contribution in [0.25, 0.3) is 11.0 Å². The molecule has 26 heavy (non-hydrogen) atoms. The summed E-state index contributed by atoms with van der Waals surface area (Å²) < 4.78 is 1.71. The van der Waals surface area contributed by atoms with Crippen molar-refractivity contribution in [3.8, 4) is 0 Å². The van der Waals surface area contributed by atoms with E-state index in [4.69, 9.17) is 0 Å². The monoisotopic (exact) mass is 352 g/mol. The first-order valence-corrected chi connectivity index (χ1v) is 8.54. The molecule has 8 heteroatoms. The van der Waals surface area contributed by atoms with E-state index in [1.165, 1.54) is 0 Å². The van der Waals surface area contributed by atoms with Gasteiger partial charge in [0.05, 0.1) is 28.7 Å². The minimum absolute atomic E-state index is 0.0315. The van der Waals surface area contributed by atoms with E-state index in [0.717, 1.165) is 16.7 Å². The van der Waals surface area contributed by atoms with Gasteiger partial charge in [-0.15, -0.1) is 0 Å². The second kappa shape index (κ2) is 6.29. The van der Waals surface area contributed by atoms with Gasteiger partial charge in [0, 0.05) is 26.7 Å². The van der Waals surface area contributed by atoms with Crippen LogP contribution in [0, 0.1) is 5.92 Å². The summed E-state index contributed by atoms with van der Waals surface area (Å²) in [5.74, 6) is -0.0839. The molecule has 0 saturated carbocycles. The van der Waals surface area contributed by atoms with Crippen LogP contribution in [-0.2, 0) is 16.6 Å². The Hall–Kier alpha value is -3.16. The Morgan fingerprint density at radius 3 is 2.81 bits per heavy atom. The van der Waals surface area contributed by atoms with Gasteiger partial charge in [-0.25, -0.2) is 4.98 Å². The number of carbonyl (C=O) groups excluding carboxylic acids is 2. The highest BCUT2D eigenvalue weighted by atomic mass is 16.2. The molecule has 2 atom stereocenters. The van der Waals surface area contributed by atoms with Gasteiger partial charge in [-0.2, -0.15) is 5.10 Å². The number of benzene rings is 1. The van der Waals surface area contributed by atoms with E-state index in [9.17, 15) is 9.59 Å². The van der Waals surface area contributed by atoms with Crippen molar-refractivity contribution in [2.75, 3.05) is 12.4 Å². The van der Waals surface area contributed by atoms with Gasteiger partial charge in [-0.3, -0.25) is 19.6 Å². The second-order valence-corrected chi connectivity index (χ2v) is 6.57. The number of aryl methyl sites for hydroxylation is 1. The maximum absolute atomic E-state index is 13.0. The molecule has 4 rings (SSSR count). The van der Waals surface area contributed by atoms with Crippen LogP contribution < -0.4 is 5.32 Å². The Bertz CT molecular complexity index is 942. The third-order valence-corrected chi connectivity index (χ3v) is 4.99. The Morgan fingerprint density at radius 2 is 2.08 bits per heavy atom. The van der Waals surface area contributed by atoms with Gasteiger partial charge >= 0.3 is 0 Å². The number of aromatic nitrogens is 4. The van der Waals surface area contributed by atoms with E-state index < -0.39 is 0 Å². The van der Waals surface area contributed by atoms with Gasteiger partial charge in [-0.1, -0.05) is 12.1 Å². The molecule has 1 aliphatic heterocycles. The van der Waals surface area contributed by atoms with E-state index in [1.54, 1.807) is 22.8 Å². The minimum atomic E-state index is -0.374. The molecule has 3 aromatic rings. The fraction of sp³-hybridized carbons (Fsp3) is 0.333. The number of imidazole rings is 1. The first-order chi connectivity index (χ1) is 12.5. The predicted molar refractivity (Wildman–Crippen MR) is 96.2 cm³/mol. The van der Waals surface area contributed by atoms with Crippen molar-refractivity contribution in [3.05, 3.63) is 42.2 Å². The number of hydrogen-bond acceptors (Lipinski definition) is 4. The number of piperidine rings is 1. The van der Waals surface area contributed by atoms with E-state index >= 15 is 0 Å². The number of hydrogen-bond donors (Lipinski definition) is 2. The van der Waals surface area contributed by atoms with E-state index in [-0.39, 0.29) is 23.8 Å². The maximum atomic E-state index is 13.0. The van der Waals surface area contributed by atoms with Gasteiger partial charge in [0.15, 0.2) is 0 Å².